The number of aromatic nitrogens is 4. The number of nitrogens with zero attached hydrogens (tertiary/aromatic N) is 4. The van der Waals surface area contributed by atoms with Gasteiger partial charge in [-0.3, -0.25) is 4.79 Å². The summed E-state index contributed by atoms with van der Waals surface area (Å²) in [7, 11) is 0. The number of fused-ring (bicyclic) bond motifs is 1. The molecule has 0 bridgehead atoms. The Morgan fingerprint density at radius 3 is 3.07 bits per heavy atom. The van der Waals surface area contributed by atoms with Crippen molar-refractivity contribution in [2.24, 2.45) is 0 Å². The number of piperidine rings is 1. The van der Waals surface area contributed by atoms with Crippen molar-refractivity contribution in [3.63, 3.8) is 0 Å². The highest BCUT2D eigenvalue weighted by molar-refractivity contribution is 5.79. The molecule has 1 aliphatic rings. The largest absolute Gasteiger partial charge is 0.342 e. The number of H-pyrrole nitrogens is 1. The van der Waals surface area contributed by atoms with Gasteiger partial charge in [-0.15, -0.1) is 0 Å². The molecule has 6 heteroatoms. The molecule has 2 aromatic heterocycles. The van der Waals surface area contributed by atoms with Crippen LogP contribution in [-0.2, 0) is 17.8 Å². The van der Waals surface area contributed by atoms with Gasteiger partial charge in [0.05, 0.1) is 11.0 Å². The summed E-state index contributed by atoms with van der Waals surface area (Å²) >= 11 is 0. The van der Waals surface area contributed by atoms with Crippen molar-refractivity contribution in [1.29, 1.82) is 0 Å². The van der Waals surface area contributed by atoms with E-state index in [-0.39, 0.29) is 11.8 Å². The van der Waals surface area contributed by atoms with E-state index in [1.165, 1.54) is 5.56 Å². The number of para-hydroxylation sites is 1. The number of aromatic amines is 1. The summed E-state index contributed by atoms with van der Waals surface area (Å²) < 4.78 is 2.08. The quantitative estimate of drug-likeness (QED) is 0.753. The average molecular weight is 365 g/mol. The highest BCUT2D eigenvalue weighted by Gasteiger charge is 2.26. The number of rotatable bonds is 5. The molecule has 0 saturated carbocycles. The summed E-state index contributed by atoms with van der Waals surface area (Å²) in [6, 6.07) is 6.21. The minimum absolute atomic E-state index is 0.225. The van der Waals surface area contributed by atoms with E-state index < -0.39 is 0 Å². The van der Waals surface area contributed by atoms with Crippen LogP contribution in [0.5, 0.6) is 0 Å². The van der Waals surface area contributed by atoms with Crippen LogP contribution in [0, 0.1) is 6.92 Å². The zero-order valence-electron chi connectivity index (χ0n) is 16.1. The third-order valence-electron chi connectivity index (χ3n) is 5.58. The Morgan fingerprint density at radius 2 is 2.26 bits per heavy atom. The van der Waals surface area contributed by atoms with Crippen LogP contribution in [0.1, 0.15) is 49.3 Å². The summed E-state index contributed by atoms with van der Waals surface area (Å²) in [6.45, 7) is 6.48. The van der Waals surface area contributed by atoms with Gasteiger partial charge in [-0.1, -0.05) is 19.1 Å². The second-order valence-electron chi connectivity index (χ2n) is 7.41. The molecule has 3 heterocycles. The van der Waals surface area contributed by atoms with Crippen molar-refractivity contribution in [1.82, 2.24) is 24.4 Å². The van der Waals surface area contributed by atoms with Crippen LogP contribution >= 0.6 is 0 Å². The molecule has 0 spiro atoms. The van der Waals surface area contributed by atoms with Gasteiger partial charge in [0, 0.05) is 50.8 Å². The summed E-state index contributed by atoms with van der Waals surface area (Å²) in [5.41, 5.74) is 3.31. The SMILES string of the molecule is CCc1nccn1CCC(=O)N1CCC[C@H](c2nc3c(C)cccc3[nH]2)C1. The van der Waals surface area contributed by atoms with Crippen molar-refractivity contribution in [2.45, 2.75) is 52.0 Å². The van der Waals surface area contributed by atoms with Crippen molar-refractivity contribution >= 4 is 16.9 Å². The maximum absolute atomic E-state index is 12.8. The van der Waals surface area contributed by atoms with Gasteiger partial charge in [0.2, 0.25) is 5.91 Å². The van der Waals surface area contributed by atoms with Crippen LogP contribution in [-0.4, -0.2) is 43.4 Å². The fraction of sp³-hybridized carbons (Fsp3) is 0.476. The van der Waals surface area contributed by atoms with Crippen LogP contribution in [0.4, 0.5) is 0 Å². The normalized spacial score (nSPS) is 17.6. The predicted molar refractivity (Wildman–Crippen MR) is 106 cm³/mol. The molecule has 1 N–H and O–H groups in total. The Bertz CT molecular complexity index is 941. The Hall–Kier alpha value is -2.63. The number of aryl methyl sites for hydroxylation is 3. The lowest BCUT2D eigenvalue weighted by Gasteiger charge is -2.32. The van der Waals surface area contributed by atoms with E-state index >= 15 is 0 Å². The zero-order valence-corrected chi connectivity index (χ0v) is 16.1. The second-order valence-corrected chi connectivity index (χ2v) is 7.41. The molecule has 0 unspecified atom stereocenters. The Labute approximate surface area is 159 Å². The average Bonchev–Trinajstić information content (AvgIpc) is 3.33. The lowest BCUT2D eigenvalue weighted by Crippen LogP contribution is -2.39. The first-order valence-corrected chi connectivity index (χ1v) is 9.88. The van der Waals surface area contributed by atoms with Gasteiger partial charge in [-0.2, -0.15) is 0 Å². The highest BCUT2D eigenvalue weighted by Crippen LogP contribution is 2.28. The molecule has 1 saturated heterocycles. The van der Waals surface area contributed by atoms with E-state index in [9.17, 15) is 4.79 Å². The number of benzene rings is 1. The number of hydrogen-bond acceptors (Lipinski definition) is 3. The van der Waals surface area contributed by atoms with Crippen LogP contribution in [0.2, 0.25) is 0 Å². The third-order valence-corrected chi connectivity index (χ3v) is 5.58. The number of hydrogen-bond donors (Lipinski definition) is 1. The molecule has 0 radical (unpaired) electrons. The lowest BCUT2D eigenvalue weighted by atomic mass is 9.97. The van der Waals surface area contributed by atoms with Gasteiger partial charge >= 0.3 is 0 Å². The van der Waals surface area contributed by atoms with Crippen molar-refractivity contribution in [3.05, 3.63) is 47.8 Å². The number of nitrogens with one attached hydrogen (secondary N) is 1. The van der Waals surface area contributed by atoms with E-state index in [0.717, 1.165) is 55.0 Å². The molecular weight excluding hydrogens is 338 g/mol. The Balaban J connectivity index is 1.42. The fourth-order valence-corrected chi connectivity index (χ4v) is 4.05. The number of carbonyl (C=O) groups excluding carboxylic acids is 1. The maximum atomic E-state index is 12.8. The summed E-state index contributed by atoms with van der Waals surface area (Å²) in [4.78, 5) is 27.4. The van der Waals surface area contributed by atoms with Crippen LogP contribution in [0.3, 0.4) is 0 Å². The molecule has 142 valence electrons. The number of likely N-dealkylation sites (tertiary alicyclic amines) is 1. The van der Waals surface area contributed by atoms with Crippen molar-refractivity contribution in [2.75, 3.05) is 13.1 Å². The van der Waals surface area contributed by atoms with Gasteiger partial charge < -0.3 is 14.5 Å². The Morgan fingerprint density at radius 1 is 1.37 bits per heavy atom. The van der Waals surface area contributed by atoms with Gasteiger partial charge in [0.25, 0.3) is 0 Å². The van der Waals surface area contributed by atoms with Crippen molar-refractivity contribution < 1.29 is 4.79 Å². The molecule has 6 nitrogen and oxygen atoms in total. The molecule has 4 rings (SSSR count). The standard InChI is InChI=1S/C21H27N5O/c1-3-18-22-10-13-25(18)12-9-19(27)26-11-5-7-16(14-26)21-23-17-8-4-6-15(2)20(17)24-21/h4,6,8,10,13,16H,3,5,7,9,11-12,14H2,1-2H3,(H,23,24)/t16-/m0/s1. The second kappa shape index (κ2) is 7.55. The number of carbonyl (C=O) groups is 1. The highest BCUT2D eigenvalue weighted by atomic mass is 16.2. The summed E-state index contributed by atoms with van der Waals surface area (Å²) in [5, 5.41) is 0. The first-order chi connectivity index (χ1) is 13.2. The molecule has 27 heavy (non-hydrogen) atoms. The molecule has 3 aromatic rings. The van der Waals surface area contributed by atoms with Crippen LogP contribution in [0.15, 0.2) is 30.6 Å². The minimum atomic E-state index is 0.225. The van der Waals surface area contributed by atoms with Crippen molar-refractivity contribution in [3.8, 4) is 0 Å². The zero-order chi connectivity index (χ0) is 18.8. The molecule has 1 atom stereocenters. The monoisotopic (exact) mass is 365 g/mol. The molecule has 1 fully saturated rings. The van der Waals surface area contributed by atoms with Crippen LogP contribution < -0.4 is 0 Å². The topological polar surface area (TPSA) is 66.8 Å². The molecule has 1 aliphatic heterocycles. The first-order valence-electron chi connectivity index (χ1n) is 9.88. The van der Waals surface area contributed by atoms with Gasteiger partial charge in [0.1, 0.15) is 11.6 Å². The summed E-state index contributed by atoms with van der Waals surface area (Å²) in [5.74, 6) is 2.56. The van der Waals surface area contributed by atoms with E-state index in [0.29, 0.717) is 13.0 Å². The molecule has 1 aromatic carbocycles. The minimum Gasteiger partial charge on any atom is -0.342 e. The van der Waals surface area contributed by atoms with Crippen LogP contribution in [0.25, 0.3) is 11.0 Å². The number of imidazole rings is 2. The molecular formula is C21H27N5O. The van der Waals surface area contributed by atoms with Gasteiger partial charge in [-0.05, 0) is 31.4 Å². The summed E-state index contributed by atoms with van der Waals surface area (Å²) in [6.07, 6.45) is 7.28. The van der Waals surface area contributed by atoms with E-state index in [4.69, 9.17) is 4.98 Å². The Kier molecular flexibility index (Phi) is 4.97. The third kappa shape index (κ3) is 3.61. The fourth-order valence-electron chi connectivity index (χ4n) is 4.05. The molecule has 0 aliphatic carbocycles. The molecule has 1 amide bonds. The smallest absolute Gasteiger partial charge is 0.224 e. The van der Waals surface area contributed by atoms with E-state index in [1.807, 2.05) is 17.3 Å². The van der Waals surface area contributed by atoms with E-state index in [2.05, 4.69) is 46.6 Å². The number of amides is 1. The van der Waals surface area contributed by atoms with Gasteiger partial charge in [0.15, 0.2) is 0 Å². The first kappa shape index (κ1) is 17.8. The van der Waals surface area contributed by atoms with Gasteiger partial charge in [-0.25, -0.2) is 9.97 Å². The van der Waals surface area contributed by atoms with E-state index in [1.54, 1.807) is 0 Å². The maximum Gasteiger partial charge on any atom is 0.224 e. The predicted octanol–water partition coefficient (Wildman–Crippen LogP) is 3.43. The lowest BCUT2D eigenvalue weighted by molar-refractivity contribution is -0.132.